The Labute approximate surface area is 140 Å². The first-order chi connectivity index (χ1) is 11.2. The summed E-state index contributed by atoms with van der Waals surface area (Å²) in [7, 11) is -3.82. The molecule has 0 radical (unpaired) electrons. The van der Waals surface area contributed by atoms with Crippen molar-refractivity contribution in [1.29, 1.82) is 0 Å². The summed E-state index contributed by atoms with van der Waals surface area (Å²) in [6, 6.07) is 11.2. The lowest BCUT2D eigenvalue weighted by Crippen LogP contribution is -2.32. The van der Waals surface area contributed by atoms with Gasteiger partial charge in [-0.05, 0) is 30.5 Å². The molecular formula is C16H19N3O4S. The van der Waals surface area contributed by atoms with E-state index in [1.165, 1.54) is 26.0 Å². The van der Waals surface area contributed by atoms with Gasteiger partial charge in [0, 0.05) is 24.7 Å². The Kier molecular flexibility index (Phi) is 5.33. The van der Waals surface area contributed by atoms with Gasteiger partial charge >= 0.3 is 0 Å². The summed E-state index contributed by atoms with van der Waals surface area (Å²) in [6.07, 6.45) is 0. The summed E-state index contributed by atoms with van der Waals surface area (Å²) in [5.41, 5.74) is 7.33. The van der Waals surface area contributed by atoms with Crippen molar-refractivity contribution in [3.8, 4) is 0 Å². The number of sulfonamides is 1. The van der Waals surface area contributed by atoms with Gasteiger partial charge in [-0.1, -0.05) is 30.3 Å². The van der Waals surface area contributed by atoms with Gasteiger partial charge in [0.25, 0.3) is 5.69 Å². The maximum Gasteiger partial charge on any atom is 0.270 e. The first-order valence-corrected chi connectivity index (χ1v) is 8.76. The number of nitro benzene ring substituents is 1. The lowest BCUT2D eigenvalue weighted by Gasteiger charge is -2.15. The molecule has 24 heavy (non-hydrogen) atoms. The van der Waals surface area contributed by atoms with E-state index >= 15 is 0 Å². The van der Waals surface area contributed by atoms with Crippen molar-refractivity contribution in [2.75, 3.05) is 6.54 Å². The molecule has 0 aliphatic rings. The normalized spacial score (nSPS) is 12.8. The minimum absolute atomic E-state index is 0.0300. The summed E-state index contributed by atoms with van der Waals surface area (Å²) in [6.45, 7) is 3.10. The van der Waals surface area contributed by atoms with Crippen LogP contribution in [0.5, 0.6) is 0 Å². The largest absolute Gasteiger partial charge is 0.323 e. The molecule has 0 amide bonds. The van der Waals surface area contributed by atoms with Crippen LogP contribution in [0.4, 0.5) is 5.69 Å². The highest BCUT2D eigenvalue weighted by Gasteiger charge is 2.23. The molecule has 0 aliphatic carbocycles. The van der Waals surface area contributed by atoms with Crippen LogP contribution in [0.3, 0.4) is 0 Å². The van der Waals surface area contributed by atoms with Gasteiger partial charge in [-0.2, -0.15) is 0 Å². The average Bonchev–Trinajstić information content (AvgIpc) is 2.52. The Bertz CT molecular complexity index is 828. The zero-order valence-corrected chi connectivity index (χ0v) is 14.2. The molecule has 0 aliphatic heterocycles. The average molecular weight is 349 g/mol. The molecule has 2 aromatic carbocycles. The number of nitrogens with one attached hydrogen (secondary N) is 1. The number of aryl methyl sites for hydroxylation is 2. The van der Waals surface area contributed by atoms with Crippen molar-refractivity contribution >= 4 is 15.7 Å². The maximum atomic E-state index is 12.6. The van der Waals surface area contributed by atoms with Crippen LogP contribution >= 0.6 is 0 Å². The van der Waals surface area contributed by atoms with Gasteiger partial charge in [-0.3, -0.25) is 10.1 Å². The topological polar surface area (TPSA) is 115 Å². The van der Waals surface area contributed by atoms with Crippen LogP contribution in [0.1, 0.15) is 22.7 Å². The van der Waals surface area contributed by atoms with Crippen LogP contribution in [-0.2, 0) is 10.0 Å². The Morgan fingerprint density at radius 2 is 1.71 bits per heavy atom. The zero-order valence-electron chi connectivity index (χ0n) is 13.4. The molecule has 0 spiro atoms. The van der Waals surface area contributed by atoms with E-state index in [9.17, 15) is 18.5 Å². The second-order valence-electron chi connectivity index (χ2n) is 5.53. The van der Waals surface area contributed by atoms with E-state index in [-0.39, 0.29) is 17.1 Å². The molecule has 3 N–H and O–H groups in total. The van der Waals surface area contributed by atoms with Gasteiger partial charge in [0.2, 0.25) is 10.0 Å². The summed E-state index contributed by atoms with van der Waals surface area (Å²) >= 11 is 0. The Morgan fingerprint density at radius 1 is 1.17 bits per heavy atom. The molecule has 0 saturated carbocycles. The molecule has 0 aromatic heterocycles. The predicted octanol–water partition coefficient (Wildman–Crippen LogP) is 2.19. The number of nitro groups is 1. The smallest absolute Gasteiger partial charge is 0.270 e. The molecule has 8 heteroatoms. The second kappa shape index (κ2) is 7.08. The third-order valence-corrected chi connectivity index (χ3v) is 5.37. The number of nitrogens with zero attached hydrogens (tertiary/aromatic N) is 1. The van der Waals surface area contributed by atoms with Crippen LogP contribution in [0, 0.1) is 24.0 Å². The maximum absolute atomic E-state index is 12.6. The van der Waals surface area contributed by atoms with Gasteiger partial charge in [0.15, 0.2) is 0 Å². The quantitative estimate of drug-likeness (QED) is 0.612. The summed E-state index contributed by atoms with van der Waals surface area (Å²) in [5.74, 6) is 0. The van der Waals surface area contributed by atoms with Crippen molar-refractivity contribution in [1.82, 2.24) is 4.72 Å². The van der Waals surface area contributed by atoms with Gasteiger partial charge in [-0.25, -0.2) is 13.1 Å². The van der Waals surface area contributed by atoms with Crippen molar-refractivity contribution in [3.05, 3.63) is 69.3 Å². The van der Waals surface area contributed by atoms with Crippen molar-refractivity contribution in [2.45, 2.75) is 24.8 Å². The van der Waals surface area contributed by atoms with Crippen molar-refractivity contribution in [2.24, 2.45) is 5.73 Å². The monoisotopic (exact) mass is 349 g/mol. The fraction of sp³-hybridized carbons (Fsp3) is 0.250. The zero-order chi connectivity index (χ0) is 17.9. The number of hydrogen-bond donors (Lipinski definition) is 2. The highest BCUT2D eigenvalue weighted by atomic mass is 32.2. The first-order valence-electron chi connectivity index (χ1n) is 7.28. The summed E-state index contributed by atoms with van der Waals surface area (Å²) in [4.78, 5) is 10.4. The molecule has 0 saturated heterocycles. The molecular weight excluding hydrogens is 330 g/mol. The predicted molar refractivity (Wildman–Crippen MR) is 91.1 cm³/mol. The van der Waals surface area contributed by atoms with Crippen molar-refractivity contribution < 1.29 is 13.3 Å². The van der Waals surface area contributed by atoms with Crippen LogP contribution in [0.15, 0.2) is 47.4 Å². The molecule has 128 valence electrons. The molecule has 7 nitrogen and oxygen atoms in total. The Balaban J connectivity index is 2.23. The number of benzene rings is 2. The Hall–Kier alpha value is -2.29. The number of non-ortho nitro benzene ring substituents is 1. The van der Waals surface area contributed by atoms with Crippen LogP contribution in [-0.4, -0.2) is 19.9 Å². The molecule has 2 rings (SSSR count). The highest BCUT2D eigenvalue weighted by molar-refractivity contribution is 7.89. The number of rotatable bonds is 6. The molecule has 1 unspecified atom stereocenters. The van der Waals surface area contributed by atoms with Crippen LogP contribution in [0.25, 0.3) is 0 Å². The van der Waals surface area contributed by atoms with E-state index in [2.05, 4.69) is 4.72 Å². The minimum atomic E-state index is -3.82. The van der Waals surface area contributed by atoms with E-state index in [0.29, 0.717) is 11.1 Å². The number of nitrogens with two attached hydrogens (primary N) is 1. The lowest BCUT2D eigenvalue weighted by molar-refractivity contribution is -0.385. The fourth-order valence-corrected chi connectivity index (χ4v) is 4.06. The molecule has 2 aromatic rings. The SMILES string of the molecule is Cc1cc([N+](=O)[O-])cc(C)c1S(=O)(=O)NCC(N)c1ccccc1. The van der Waals surface area contributed by atoms with Gasteiger partial charge in [-0.15, -0.1) is 0 Å². The Morgan fingerprint density at radius 3 is 2.21 bits per heavy atom. The second-order valence-corrected chi connectivity index (χ2v) is 7.24. The summed E-state index contributed by atoms with van der Waals surface area (Å²) < 4.78 is 27.6. The number of hydrogen-bond acceptors (Lipinski definition) is 5. The van der Waals surface area contributed by atoms with Crippen LogP contribution < -0.4 is 10.5 Å². The third kappa shape index (κ3) is 3.97. The van der Waals surface area contributed by atoms with E-state index in [4.69, 9.17) is 5.73 Å². The van der Waals surface area contributed by atoms with E-state index in [0.717, 1.165) is 5.56 Å². The molecule has 0 heterocycles. The molecule has 0 fully saturated rings. The molecule has 0 bridgehead atoms. The van der Waals surface area contributed by atoms with Gasteiger partial charge in [0.1, 0.15) is 0 Å². The van der Waals surface area contributed by atoms with E-state index in [1.54, 1.807) is 0 Å². The minimum Gasteiger partial charge on any atom is -0.323 e. The van der Waals surface area contributed by atoms with E-state index in [1.807, 2.05) is 30.3 Å². The van der Waals surface area contributed by atoms with Gasteiger partial charge in [0.05, 0.1) is 9.82 Å². The summed E-state index contributed by atoms with van der Waals surface area (Å²) in [5, 5.41) is 10.9. The standard InChI is InChI=1S/C16H19N3O4S/c1-11-8-14(19(20)21)9-12(2)16(11)24(22,23)18-10-15(17)13-6-4-3-5-7-13/h3-9,15,18H,10,17H2,1-2H3. The van der Waals surface area contributed by atoms with Crippen molar-refractivity contribution in [3.63, 3.8) is 0 Å². The third-order valence-electron chi connectivity index (χ3n) is 3.65. The van der Waals surface area contributed by atoms with E-state index < -0.39 is 21.0 Å². The van der Waals surface area contributed by atoms with Gasteiger partial charge < -0.3 is 5.73 Å². The fourth-order valence-electron chi connectivity index (χ4n) is 2.55. The molecule has 1 atom stereocenters. The lowest BCUT2D eigenvalue weighted by atomic mass is 10.1. The van der Waals surface area contributed by atoms with Crippen LogP contribution in [0.2, 0.25) is 0 Å². The highest BCUT2D eigenvalue weighted by Crippen LogP contribution is 2.25. The first kappa shape index (κ1) is 18.1.